The number of rotatable bonds is 6. The minimum atomic E-state index is -0.180. The first-order valence-corrected chi connectivity index (χ1v) is 13.7. The van der Waals surface area contributed by atoms with Gasteiger partial charge in [-0.2, -0.15) is 0 Å². The minimum Gasteiger partial charge on any atom is -0.393 e. The largest absolute Gasteiger partial charge is 0.393 e. The van der Waals surface area contributed by atoms with E-state index in [0.717, 1.165) is 48.3 Å². The van der Waals surface area contributed by atoms with Crippen LogP contribution in [0.2, 0.25) is 0 Å². The van der Waals surface area contributed by atoms with Gasteiger partial charge >= 0.3 is 0 Å². The smallest absolute Gasteiger partial charge is 0.0580 e. The molecule has 0 heterocycles. The fourth-order valence-electron chi connectivity index (χ4n) is 9.12. The van der Waals surface area contributed by atoms with Gasteiger partial charge < -0.3 is 5.11 Å². The molecule has 0 bridgehead atoms. The van der Waals surface area contributed by atoms with Crippen LogP contribution >= 0.6 is 11.6 Å². The first kappa shape index (κ1) is 23.2. The van der Waals surface area contributed by atoms with Crippen molar-refractivity contribution in [2.75, 3.05) is 5.88 Å². The summed E-state index contributed by atoms with van der Waals surface area (Å²) >= 11 is 6.52. The molecule has 0 amide bonds. The molecule has 3 fully saturated rings. The van der Waals surface area contributed by atoms with Crippen LogP contribution in [-0.4, -0.2) is 17.1 Å². The molecule has 1 N–H and O–H groups in total. The van der Waals surface area contributed by atoms with Crippen molar-refractivity contribution >= 4 is 11.6 Å². The number of hydrogen-bond donors (Lipinski definition) is 1. The van der Waals surface area contributed by atoms with E-state index in [0.29, 0.717) is 17.2 Å². The SMILES string of the molecule is CC(C)CCC[C@@H](C)[C@H]1CC[C@H]2[C@@H]3CC=C4C[C@@H](O)CC(CCl)[C@]4(C)[C@H]3CC[C@]12C. The van der Waals surface area contributed by atoms with E-state index in [2.05, 4.69) is 40.7 Å². The number of allylic oxidation sites excluding steroid dienone is 1. The lowest BCUT2D eigenvalue weighted by atomic mass is 9.45. The van der Waals surface area contributed by atoms with Crippen LogP contribution in [0.1, 0.15) is 98.8 Å². The molecule has 0 radical (unpaired) electrons. The molecule has 0 aromatic heterocycles. The maximum atomic E-state index is 10.5. The first-order valence-electron chi connectivity index (χ1n) is 13.1. The highest BCUT2D eigenvalue weighted by Crippen LogP contribution is 2.68. The number of hydrogen-bond acceptors (Lipinski definition) is 1. The molecule has 1 unspecified atom stereocenters. The molecule has 0 spiro atoms. The Kier molecular flexibility index (Phi) is 6.74. The van der Waals surface area contributed by atoms with Crippen molar-refractivity contribution in [1.82, 2.24) is 0 Å². The van der Waals surface area contributed by atoms with Gasteiger partial charge in [0.2, 0.25) is 0 Å². The monoisotopic (exact) mass is 434 g/mol. The summed E-state index contributed by atoms with van der Waals surface area (Å²) in [4.78, 5) is 0. The van der Waals surface area contributed by atoms with E-state index in [4.69, 9.17) is 11.6 Å². The highest BCUT2D eigenvalue weighted by molar-refractivity contribution is 6.18. The number of halogens is 1. The van der Waals surface area contributed by atoms with Gasteiger partial charge in [0.25, 0.3) is 0 Å². The average Bonchev–Trinajstić information content (AvgIpc) is 3.05. The fraction of sp³-hybridized carbons (Fsp3) is 0.929. The van der Waals surface area contributed by atoms with Crippen LogP contribution in [0.25, 0.3) is 0 Å². The maximum absolute atomic E-state index is 10.5. The maximum Gasteiger partial charge on any atom is 0.0580 e. The fourth-order valence-corrected chi connectivity index (χ4v) is 9.57. The van der Waals surface area contributed by atoms with Gasteiger partial charge in [-0.05, 0) is 97.2 Å². The van der Waals surface area contributed by atoms with E-state index in [1.54, 1.807) is 5.57 Å². The Bertz CT molecular complexity index is 641. The molecule has 3 saturated carbocycles. The summed E-state index contributed by atoms with van der Waals surface area (Å²) in [6.07, 6.45) is 15.4. The first-order chi connectivity index (χ1) is 14.2. The molecule has 172 valence electrons. The van der Waals surface area contributed by atoms with Crippen LogP contribution in [0.5, 0.6) is 0 Å². The van der Waals surface area contributed by atoms with Gasteiger partial charge in [0.1, 0.15) is 0 Å². The van der Waals surface area contributed by atoms with Gasteiger partial charge in [-0.3, -0.25) is 0 Å². The van der Waals surface area contributed by atoms with E-state index in [1.165, 1.54) is 51.4 Å². The molecular formula is C28H47ClO. The Labute approximate surface area is 191 Å². The predicted molar refractivity (Wildman–Crippen MR) is 129 cm³/mol. The minimum absolute atomic E-state index is 0.180. The number of fused-ring (bicyclic) bond motifs is 5. The summed E-state index contributed by atoms with van der Waals surface area (Å²) in [5.74, 6) is 6.29. The van der Waals surface area contributed by atoms with Crippen molar-refractivity contribution in [3.8, 4) is 0 Å². The van der Waals surface area contributed by atoms with E-state index < -0.39 is 0 Å². The molecular weight excluding hydrogens is 388 g/mol. The Morgan fingerprint density at radius 2 is 1.87 bits per heavy atom. The van der Waals surface area contributed by atoms with E-state index >= 15 is 0 Å². The summed E-state index contributed by atoms with van der Waals surface area (Å²) in [5, 5.41) is 10.5. The average molecular weight is 435 g/mol. The van der Waals surface area contributed by atoms with Crippen LogP contribution in [-0.2, 0) is 0 Å². The molecule has 30 heavy (non-hydrogen) atoms. The van der Waals surface area contributed by atoms with E-state index in [9.17, 15) is 5.11 Å². The van der Waals surface area contributed by atoms with E-state index in [-0.39, 0.29) is 11.5 Å². The summed E-state index contributed by atoms with van der Waals surface area (Å²) < 4.78 is 0. The van der Waals surface area contributed by atoms with Crippen LogP contribution in [0.4, 0.5) is 0 Å². The van der Waals surface area contributed by atoms with Crippen molar-refractivity contribution in [3.05, 3.63) is 11.6 Å². The molecule has 1 nitrogen and oxygen atoms in total. The van der Waals surface area contributed by atoms with Gasteiger partial charge in [-0.25, -0.2) is 0 Å². The zero-order chi connectivity index (χ0) is 21.7. The number of aliphatic hydroxyl groups excluding tert-OH is 1. The molecule has 4 aliphatic rings. The normalized spacial score (nSPS) is 46.7. The summed E-state index contributed by atoms with van der Waals surface area (Å²) in [6.45, 7) is 12.5. The lowest BCUT2D eigenvalue weighted by Crippen LogP contribution is -2.54. The molecule has 2 heteroatoms. The highest BCUT2D eigenvalue weighted by Gasteiger charge is 2.60. The molecule has 4 rings (SSSR count). The van der Waals surface area contributed by atoms with Gasteiger partial charge in [0, 0.05) is 5.88 Å². The van der Waals surface area contributed by atoms with Gasteiger partial charge in [-0.15, -0.1) is 11.6 Å². The third kappa shape index (κ3) is 3.72. The van der Waals surface area contributed by atoms with Gasteiger partial charge in [0.05, 0.1) is 6.10 Å². The van der Waals surface area contributed by atoms with E-state index in [1.807, 2.05) is 0 Å². The standard InChI is InChI=1S/C28H47ClO/c1-18(2)7-6-8-19(3)24-11-12-25-23-10-9-20-15-22(30)16-21(17-29)28(20,5)26(23)13-14-27(24,25)4/h9,18-19,21-26,30H,6-8,10-17H2,1-5H3/t19-,21?,22-,23+,24-,25+,26+,27-,28-/m1/s1. The lowest BCUT2D eigenvalue weighted by Gasteiger charge is -2.60. The van der Waals surface area contributed by atoms with Gasteiger partial charge in [-0.1, -0.05) is 65.5 Å². The number of alkyl halides is 1. The third-order valence-electron chi connectivity index (χ3n) is 10.8. The molecule has 4 aliphatic carbocycles. The molecule has 0 aromatic carbocycles. The second-order valence-corrected chi connectivity index (χ2v) is 12.9. The van der Waals surface area contributed by atoms with Crippen molar-refractivity contribution in [2.45, 2.75) is 105 Å². The third-order valence-corrected chi connectivity index (χ3v) is 11.2. The summed E-state index contributed by atoms with van der Waals surface area (Å²) in [5.41, 5.74) is 2.32. The van der Waals surface area contributed by atoms with Crippen LogP contribution in [0.3, 0.4) is 0 Å². The van der Waals surface area contributed by atoms with Crippen LogP contribution < -0.4 is 0 Å². The zero-order valence-electron chi connectivity index (χ0n) is 20.3. The Balaban J connectivity index is 1.53. The molecule has 0 aliphatic heterocycles. The molecule has 9 atom stereocenters. The van der Waals surface area contributed by atoms with Crippen molar-refractivity contribution in [1.29, 1.82) is 0 Å². The topological polar surface area (TPSA) is 20.2 Å². The zero-order valence-corrected chi connectivity index (χ0v) is 21.1. The Morgan fingerprint density at radius 3 is 2.57 bits per heavy atom. The molecule has 0 aromatic rings. The Hall–Kier alpha value is -0.0100. The summed E-state index contributed by atoms with van der Waals surface area (Å²) in [7, 11) is 0. The number of aliphatic hydroxyl groups is 1. The second kappa shape index (κ2) is 8.74. The van der Waals surface area contributed by atoms with Crippen molar-refractivity contribution in [3.63, 3.8) is 0 Å². The molecule has 0 saturated heterocycles. The quantitative estimate of drug-likeness (QED) is 0.333. The van der Waals surface area contributed by atoms with Crippen molar-refractivity contribution in [2.24, 2.45) is 52.3 Å². The van der Waals surface area contributed by atoms with Crippen LogP contribution in [0, 0.1) is 52.3 Å². The predicted octanol–water partition coefficient (Wildman–Crippen LogP) is 7.85. The van der Waals surface area contributed by atoms with Crippen LogP contribution in [0.15, 0.2) is 11.6 Å². The summed E-state index contributed by atoms with van der Waals surface area (Å²) in [6, 6.07) is 0. The second-order valence-electron chi connectivity index (χ2n) is 12.6. The lowest BCUT2D eigenvalue weighted by molar-refractivity contribution is -0.0750. The van der Waals surface area contributed by atoms with Gasteiger partial charge in [0.15, 0.2) is 0 Å². The Morgan fingerprint density at radius 1 is 1.10 bits per heavy atom. The highest BCUT2D eigenvalue weighted by atomic mass is 35.5. The van der Waals surface area contributed by atoms with Crippen molar-refractivity contribution < 1.29 is 5.11 Å².